The minimum Gasteiger partial charge on any atom is -0.386 e. The fraction of sp³-hybridized carbons (Fsp3) is 0.167. The number of rotatable bonds is 5. The number of aromatic nitrogens is 2. The molecule has 1 heterocycles. The van der Waals surface area contributed by atoms with Crippen molar-refractivity contribution in [2.75, 3.05) is 0 Å². The Hall–Kier alpha value is -2.10. The van der Waals surface area contributed by atoms with Gasteiger partial charge in [0.1, 0.15) is 0 Å². The van der Waals surface area contributed by atoms with E-state index in [1.165, 1.54) is 0 Å². The van der Waals surface area contributed by atoms with Gasteiger partial charge in [0, 0.05) is 18.0 Å². The Kier molecular flexibility index (Phi) is 4.56. The van der Waals surface area contributed by atoms with Crippen LogP contribution < -0.4 is 0 Å². The molecule has 3 aromatic rings. The van der Waals surface area contributed by atoms with Crippen LogP contribution in [0.2, 0.25) is 5.02 Å². The third-order valence-electron chi connectivity index (χ3n) is 3.62. The Morgan fingerprint density at radius 1 is 1.00 bits per heavy atom. The lowest BCUT2D eigenvalue weighted by Gasteiger charge is -2.14. The minimum atomic E-state index is -0.572. The maximum Gasteiger partial charge on any atom is 0.0996 e. The number of hydrogen-bond donors (Lipinski definition) is 1. The summed E-state index contributed by atoms with van der Waals surface area (Å²) in [5, 5.41) is 11.2. The predicted molar refractivity (Wildman–Crippen MR) is 87.9 cm³/mol. The molecule has 22 heavy (non-hydrogen) atoms. The van der Waals surface area contributed by atoms with E-state index in [2.05, 4.69) is 4.98 Å². The molecule has 4 heteroatoms. The van der Waals surface area contributed by atoms with E-state index >= 15 is 0 Å². The van der Waals surface area contributed by atoms with Gasteiger partial charge in [-0.25, -0.2) is 4.98 Å². The van der Waals surface area contributed by atoms with Crippen LogP contribution in [-0.4, -0.2) is 14.7 Å². The van der Waals surface area contributed by atoms with Crippen molar-refractivity contribution in [1.82, 2.24) is 9.55 Å². The van der Waals surface area contributed by atoms with Gasteiger partial charge in [0.05, 0.1) is 24.3 Å². The van der Waals surface area contributed by atoms with E-state index in [1.807, 2.05) is 59.2 Å². The Morgan fingerprint density at radius 2 is 1.73 bits per heavy atom. The molecule has 0 fully saturated rings. The average molecular weight is 313 g/mol. The van der Waals surface area contributed by atoms with Crippen molar-refractivity contribution in [2.45, 2.75) is 19.1 Å². The van der Waals surface area contributed by atoms with Crippen molar-refractivity contribution < 1.29 is 5.11 Å². The zero-order valence-corrected chi connectivity index (χ0v) is 12.8. The molecule has 0 aliphatic heterocycles. The highest BCUT2D eigenvalue weighted by atomic mass is 35.5. The molecule has 0 saturated carbocycles. The van der Waals surface area contributed by atoms with Crippen LogP contribution in [0.4, 0.5) is 0 Å². The highest BCUT2D eigenvalue weighted by Gasteiger charge is 2.13. The highest BCUT2D eigenvalue weighted by Crippen LogP contribution is 2.19. The summed E-state index contributed by atoms with van der Waals surface area (Å²) in [7, 11) is 0. The quantitative estimate of drug-likeness (QED) is 0.777. The van der Waals surface area contributed by atoms with Gasteiger partial charge in [0.25, 0.3) is 0 Å². The van der Waals surface area contributed by atoms with Crippen molar-refractivity contribution in [3.63, 3.8) is 0 Å². The van der Waals surface area contributed by atoms with E-state index in [-0.39, 0.29) is 0 Å². The second-order valence-electron chi connectivity index (χ2n) is 5.28. The van der Waals surface area contributed by atoms with Gasteiger partial charge in [0.2, 0.25) is 0 Å². The monoisotopic (exact) mass is 312 g/mol. The highest BCUT2D eigenvalue weighted by molar-refractivity contribution is 6.30. The number of hydrogen-bond acceptors (Lipinski definition) is 2. The van der Waals surface area contributed by atoms with Gasteiger partial charge in [-0.2, -0.15) is 0 Å². The van der Waals surface area contributed by atoms with Gasteiger partial charge < -0.3 is 9.67 Å². The number of halogens is 1. The molecule has 0 amide bonds. The number of aliphatic hydroxyl groups excluding tert-OH is 1. The summed E-state index contributed by atoms with van der Waals surface area (Å²) in [5.74, 6) is 0. The van der Waals surface area contributed by atoms with Gasteiger partial charge in [0.15, 0.2) is 0 Å². The van der Waals surface area contributed by atoms with E-state index in [4.69, 9.17) is 11.6 Å². The summed E-state index contributed by atoms with van der Waals surface area (Å²) >= 11 is 5.91. The fourth-order valence-electron chi connectivity index (χ4n) is 2.47. The maximum absolute atomic E-state index is 10.5. The fourth-order valence-corrected chi connectivity index (χ4v) is 2.59. The Balaban J connectivity index is 1.75. The Labute approximate surface area is 134 Å². The average Bonchev–Trinajstić information content (AvgIpc) is 2.99. The van der Waals surface area contributed by atoms with Crippen molar-refractivity contribution in [3.8, 4) is 0 Å². The summed E-state index contributed by atoms with van der Waals surface area (Å²) in [6.07, 6.45) is 3.48. The lowest BCUT2D eigenvalue weighted by Crippen LogP contribution is -2.10. The number of aliphatic hydroxyl groups is 1. The summed E-state index contributed by atoms with van der Waals surface area (Å²) in [5.41, 5.74) is 3.05. The zero-order chi connectivity index (χ0) is 15.4. The van der Waals surface area contributed by atoms with Gasteiger partial charge >= 0.3 is 0 Å². The van der Waals surface area contributed by atoms with E-state index in [1.54, 1.807) is 12.5 Å². The Morgan fingerprint density at radius 3 is 2.45 bits per heavy atom. The Bertz CT molecular complexity index is 722. The van der Waals surface area contributed by atoms with E-state index < -0.39 is 6.10 Å². The standard InChI is InChI=1S/C18H17ClN2O/c19-16-8-6-15(7-9-16)12-21-13-20-11-17(21)18(22)10-14-4-2-1-3-5-14/h1-9,11,13,18,22H,10,12H2. The van der Waals surface area contributed by atoms with Crippen LogP contribution in [0.5, 0.6) is 0 Å². The van der Waals surface area contributed by atoms with Crippen molar-refractivity contribution in [3.05, 3.63) is 89.0 Å². The molecular weight excluding hydrogens is 296 g/mol. The zero-order valence-electron chi connectivity index (χ0n) is 12.1. The summed E-state index contributed by atoms with van der Waals surface area (Å²) in [6, 6.07) is 17.7. The minimum absolute atomic E-state index is 0.572. The molecule has 0 saturated heterocycles. The van der Waals surface area contributed by atoms with E-state index in [0.717, 1.165) is 21.8 Å². The predicted octanol–water partition coefficient (Wildman–Crippen LogP) is 3.86. The van der Waals surface area contributed by atoms with Crippen molar-refractivity contribution >= 4 is 11.6 Å². The van der Waals surface area contributed by atoms with Crippen LogP contribution in [0.1, 0.15) is 22.9 Å². The van der Waals surface area contributed by atoms with Crippen molar-refractivity contribution in [1.29, 1.82) is 0 Å². The van der Waals surface area contributed by atoms with Crippen LogP contribution in [0, 0.1) is 0 Å². The number of imidazole rings is 1. The third kappa shape index (κ3) is 3.56. The van der Waals surface area contributed by atoms with Crippen LogP contribution in [0.15, 0.2) is 67.1 Å². The van der Waals surface area contributed by atoms with E-state index in [9.17, 15) is 5.11 Å². The smallest absolute Gasteiger partial charge is 0.0996 e. The van der Waals surface area contributed by atoms with Gasteiger partial charge in [-0.1, -0.05) is 54.1 Å². The topological polar surface area (TPSA) is 38.1 Å². The van der Waals surface area contributed by atoms with Gasteiger partial charge in [-0.15, -0.1) is 0 Å². The van der Waals surface area contributed by atoms with Crippen LogP contribution in [0.3, 0.4) is 0 Å². The molecule has 112 valence electrons. The lowest BCUT2D eigenvalue weighted by atomic mass is 10.1. The molecule has 2 aromatic carbocycles. The lowest BCUT2D eigenvalue weighted by molar-refractivity contribution is 0.169. The molecule has 0 aliphatic rings. The maximum atomic E-state index is 10.5. The van der Waals surface area contributed by atoms with Crippen LogP contribution >= 0.6 is 11.6 Å². The first kappa shape index (κ1) is 14.8. The third-order valence-corrected chi connectivity index (χ3v) is 3.88. The van der Waals surface area contributed by atoms with Gasteiger partial charge in [-0.3, -0.25) is 0 Å². The second-order valence-corrected chi connectivity index (χ2v) is 5.71. The summed E-state index contributed by atoms with van der Waals surface area (Å²) < 4.78 is 1.97. The number of nitrogens with zero attached hydrogens (tertiary/aromatic N) is 2. The molecule has 1 atom stereocenters. The van der Waals surface area contributed by atoms with Crippen LogP contribution in [-0.2, 0) is 13.0 Å². The first-order chi connectivity index (χ1) is 10.7. The molecule has 0 spiro atoms. The molecule has 0 bridgehead atoms. The molecule has 3 nitrogen and oxygen atoms in total. The molecule has 1 aromatic heterocycles. The first-order valence-electron chi connectivity index (χ1n) is 7.19. The number of benzene rings is 2. The molecular formula is C18H17ClN2O. The SMILES string of the molecule is OC(Cc1ccccc1)c1cncn1Cc1ccc(Cl)cc1. The normalized spacial score (nSPS) is 12.3. The van der Waals surface area contributed by atoms with Gasteiger partial charge in [-0.05, 0) is 23.3 Å². The first-order valence-corrected chi connectivity index (χ1v) is 7.56. The van der Waals surface area contributed by atoms with E-state index in [0.29, 0.717) is 13.0 Å². The molecule has 1 unspecified atom stereocenters. The summed E-state index contributed by atoms with van der Waals surface area (Å²) in [4.78, 5) is 4.18. The summed E-state index contributed by atoms with van der Waals surface area (Å²) in [6.45, 7) is 0.665. The van der Waals surface area contributed by atoms with Crippen molar-refractivity contribution in [2.24, 2.45) is 0 Å². The molecule has 0 radical (unpaired) electrons. The second kappa shape index (κ2) is 6.77. The molecule has 3 rings (SSSR count). The largest absolute Gasteiger partial charge is 0.386 e. The molecule has 0 aliphatic carbocycles. The van der Waals surface area contributed by atoms with Crippen LogP contribution in [0.25, 0.3) is 0 Å². The molecule has 1 N–H and O–H groups in total.